The molecule has 0 aliphatic carbocycles. The van der Waals surface area contributed by atoms with Crippen LogP contribution in [-0.4, -0.2) is 37.7 Å². The van der Waals surface area contributed by atoms with Crippen molar-refractivity contribution in [3.8, 4) is 11.5 Å². The van der Waals surface area contributed by atoms with Crippen LogP contribution in [0.15, 0.2) is 79.4 Å². The molecule has 0 aliphatic rings. The van der Waals surface area contributed by atoms with Crippen LogP contribution in [0, 0.1) is 0 Å². The molecule has 0 bridgehead atoms. The second-order valence-electron chi connectivity index (χ2n) is 7.91. The Kier molecular flexibility index (Phi) is 12.3. The Morgan fingerprint density at radius 2 is 1.47 bits per heavy atom. The van der Waals surface area contributed by atoms with Crippen LogP contribution in [0.1, 0.15) is 48.5 Å². The summed E-state index contributed by atoms with van der Waals surface area (Å²) in [5, 5.41) is 0. The number of esters is 3. The van der Waals surface area contributed by atoms with Crippen LogP contribution in [0.4, 0.5) is 0 Å². The summed E-state index contributed by atoms with van der Waals surface area (Å²) in [7, 11) is 0. The second-order valence-corrected chi connectivity index (χ2v) is 7.91. The minimum atomic E-state index is -0.481. The maximum absolute atomic E-state index is 12.4. The summed E-state index contributed by atoms with van der Waals surface area (Å²) < 4.78 is 21.0. The molecule has 0 unspecified atom stereocenters. The molecule has 7 heteroatoms. The van der Waals surface area contributed by atoms with Gasteiger partial charge in [0.2, 0.25) is 0 Å². The molecule has 0 N–H and O–H groups in total. The van der Waals surface area contributed by atoms with E-state index >= 15 is 0 Å². The average Bonchev–Trinajstić information content (AvgIpc) is 2.88. The van der Waals surface area contributed by atoms with Crippen LogP contribution >= 0.6 is 0 Å². The standard InChI is InChI=1S/C29H32O7/c1-4-19-34-27(30)18-11-23-9-14-26(15-10-23)36-29(32)24-12-16-25(17-13-24)33-20-7-5-6-8-21-35-28(31)22(2)3/h4,9-18H,1-2,5-8,19-21H2,3H3. The Labute approximate surface area is 212 Å². The van der Waals surface area contributed by atoms with Gasteiger partial charge in [-0.15, -0.1) is 0 Å². The lowest BCUT2D eigenvalue weighted by molar-refractivity contribution is -0.139. The van der Waals surface area contributed by atoms with Crippen molar-refractivity contribution < 1.29 is 33.3 Å². The van der Waals surface area contributed by atoms with Gasteiger partial charge < -0.3 is 18.9 Å². The van der Waals surface area contributed by atoms with Crippen molar-refractivity contribution in [2.24, 2.45) is 0 Å². The van der Waals surface area contributed by atoms with Gasteiger partial charge in [0.1, 0.15) is 18.1 Å². The van der Waals surface area contributed by atoms with Crippen molar-refractivity contribution in [3.05, 3.63) is 90.5 Å². The number of ether oxygens (including phenoxy) is 4. The third kappa shape index (κ3) is 10.9. The van der Waals surface area contributed by atoms with E-state index in [1.54, 1.807) is 61.5 Å². The maximum atomic E-state index is 12.4. The normalized spacial score (nSPS) is 10.5. The molecule has 7 nitrogen and oxygen atoms in total. The third-order valence-corrected chi connectivity index (χ3v) is 4.82. The summed E-state index contributed by atoms with van der Waals surface area (Å²) in [6.45, 7) is 9.77. The zero-order valence-electron chi connectivity index (χ0n) is 20.6. The molecule has 2 rings (SSSR count). The van der Waals surface area contributed by atoms with Crippen molar-refractivity contribution in [1.29, 1.82) is 0 Å². The fourth-order valence-electron chi connectivity index (χ4n) is 2.89. The Hall–Kier alpha value is -4.13. The Bertz CT molecular complexity index is 1050. The van der Waals surface area contributed by atoms with E-state index in [0.717, 1.165) is 31.2 Å². The van der Waals surface area contributed by atoms with E-state index in [2.05, 4.69) is 13.2 Å². The molecule has 0 saturated heterocycles. The van der Waals surface area contributed by atoms with E-state index in [9.17, 15) is 14.4 Å². The summed E-state index contributed by atoms with van der Waals surface area (Å²) in [6.07, 6.45) is 8.00. The lowest BCUT2D eigenvalue weighted by atomic mass is 10.2. The van der Waals surface area contributed by atoms with E-state index in [1.165, 1.54) is 12.2 Å². The van der Waals surface area contributed by atoms with Crippen molar-refractivity contribution in [3.63, 3.8) is 0 Å². The highest BCUT2D eigenvalue weighted by Gasteiger charge is 2.09. The summed E-state index contributed by atoms with van der Waals surface area (Å²) in [5.74, 6) is -0.232. The average molecular weight is 493 g/mol. The molecule has 36 heavy (non-hydrogen) atoms. The zero-order valence-corrected chi connectivity index (χ0v) is 20.6. The highest BCUT2D eigenvalue weighted by molar-refractivity contribution is 5.91. The molecule has 2 aromatic rings. The quantitative estimate of drug-likeness (QED) is 0.103. The van der Waals surface area contributed by atoms with Gasteiger partial charge in [-0.3, -0.25) is 0 Å². The van der Waals surface area contributed by atoms with E-state index in [4.69, 9.17) is 18.9 Å². The summed E-state index contributed by atoms with van der Waals surface area (Å²) in [4.78, 5) is 35.2. The molecule has 2 aromatic carbocycles. The molecule has 0 radical (unpaired) electrons. The Balaban J connectivity index is 1.68. The van der Waals surface area contributed by atoms with Gasteiger partial charge in [-0.05, 0) is 80.6 Å². The van der Waals surface area contributed by atoms with Crippen LogP contribution < -0.4 is 9.47 Å². The van der Waals surface area contributed by atoms with Gasteiger partial charge in [0, 0.05) is 11.6 Å². The largest absolute Gasteiger partial charge is 0.494 e. The predicted molar refractivity (Wildman–Crippen MR) is 138 cm³/mol. The molecule has 0 heterocycles. The summed E-state index contributed by atoms with van der Waals surface area (Å²) >= 11 is 0. The number of carbonyl (C=O) groups excluding carboxylic acids is 3. The minimum absolute atomic E-state index is 0.156. The monoisotopic (exact) mass is 492 g/mol. The topological polar surface area (TPSA) is 88.1 Å². The molecule has 0 fully saturated rings. The fraction of sp³-hybridized carbons (Fsp3) is 0.276. The number of hydrogen-bond acceptors (Lipinski definition) is 7. The van der Waals surface area contributed by atoms with Gasteiger partial charge in [-0.1, -0.05) is 31.4 Å². The van der Waals surface area contributed by atoms with Gasteiger partial charge in [0.25, 0.3) is 0 Å². The van der Waals surface area contributed by atoms with Gasteiger partial charge >= 0.3 is 17.9 Å². The SMILES string of the molecule is C=CCOC(=O)C=Cc1ccc(OC(=O)c2ccc(OCCCCCCOC(=O)C(=C)C)cc2)cc1. The van der Waals surface area contributed by atoms with Crippen molar-refractivity contribution >= 4 is 24.0 Å². The first-order chi connectivity index (χ1) is 17.4. The number of benzene rings is 2. The fourth-order valence-corrected chi connectivity index (χ4v) is 2.89. The van der Waals surface area contributed by atoms with Crippen LogP contribution in [0.5, 0.6) is 11.5 Å². The number of hydrogen-bond donors (Lipinski definition) is 0. The first-order valence-electron chi connectivity index (χ1n) is 11.7. The molecule has 0 aromatic heterocycles. The predicted octanol–water partition coefficient (Wildman–Crippen LogP) is 5.71. The number of carbonyl (C=O) groups is 3. The smallest absolute Gasteiger partial charge is 0.343 e. The molecular weight excluding hydrogens is 460 g/mol. The minimum Gasteiger partial charge on any atom is -0.494 e. The van der Waals surface area contributed by atoms with Crippen molar-refractivity contribution in [2.45, 2.75) is 32.6 Å². The molecule has 0 aliphatic heterocycles. The summed E-state index contributed by atoms with van der Waals surface area (Å²) in [5.41, 5.74) is 1.57. The van der Waals surface area contributed by atoms with Crippen LogP contribution in [0.3, 0.4) is 0 Å². The zero-order chi connectivity index (χ0) is 26.2. The van der Waals surface area contributed by atoms with Crippen LogP contribution in [0.25, 0.3) is 6.08 Å². The van der Waals surface area contributed by atoms with Crippen LogP contribution in [0.2, 0.25) is 0 Å². The first-order valence-corrected chi connectivity index (χ1v) is 11.7. The third-order valence-electron chi connectivity index (χ3n) is 4.82. The van der Waals surface area contributed by atoms with Gasteiger partial charge in [0.15, 0.2) is 0 Å². The van der Waals surface area contributed by atoms with Crippen molar-refractivity contribution in [1.82, 2.24) is 0 Å². The number of unbranched alkanes of at least 4 members (excludes halogenated alkanes) is 3. The Morgan fingerprint density at radius 1 is 0.833 bits per heavy atom. The van der Waals surface area contributed by atoms with E-state index in [1.807, 2.05) is 0 Å². The highest BCUT2D eigenvalue weighted by Crippen LogP contribution is 2.18. The molecule has 0 saturated carbocycles. The maximum Gasteiger partial charge on any atom is 0.343 e. The van der Waals surface area contributed by atoms with E-state index < -0.39 is 11.9 Å². The lowest BCUT2D eigenvalue weighted by Gasteiger charge is -2.08. The van der Waals surface area contributed by atoms with E-state index in [-0.39, 0.29) is 12.6 Å². The molecule has 190 valence electrons. The Morgan fingerprint density at radius 3 is 2.11 bits per heavy atom. The highest BCUT2D eigenvalue weighted by atomic mass is 16.5. The number of rotatable bonds is 15. The molecule has 0 spiro atoms. The first kappa shape index (κ1) is 28.1. The van der Waals surface area contributed by atoms with Gasteiger partial charge in [-0.2, -0.15) is 0 Å². The van der Waals surface area contributed by atoms with Gasteiger partial charge in [-0.25, -0.2) is 14.4 Å². The lowest BCUT2D eigenvalue weighted by Crippen LogP contribution is -2.08. The second kappa shape index (κ2) is 15.7. The van der Waals surface area contributed by atoms with Crippen molar-refractivity contribution in [2.75, 3.05) is 19.8 Å². The molecule has 0 atom stereocenters. The van der Waals surface area contributed by atoms with E-state index in [0.29, 0.717) is 35.8 Å². The summed E-state index contributed by atoms with van der Waals surface area (Å²) in [6, 6.07) is 13.5. The van der Waals surface area contributed by atoms with Crippen LogP contribution in [-0.2, 0) is 19.1 Å². The van der Waals surface area contributed by atoms with Gasteiger partial charge in [0.05, 0.1) is 18.8 Å². The molecule has 0 amide bonds. The molecular formula is C29H32O7.